The Morgan fingerprint density at radius 3 is 2.56 bits per heavy atom. The number of carboxylic acid groups (broad SMARTS) is 1. The van der Waals surface area contributed by atoms with Crippen molar-refractivity contribution in [1.82, 2.24) is 20.5 Å². The fourth-order valence-corrected chi connectivity index (χ4v) is 1.24. The number of H-pyrrole nitrogens is 1. The molecular weight excluding hydrogens is 240 g/mol. The second kappa shape index (κ2) is 6.10. The predicted octanol–water partition coefficient (Wildman–Crippen LogP) is -0.506. The number of amides is 1. The van der Waals surface area contributed by atoms with Gasteiger partial charge in [0.1, 0.15) is 11.9 Å². The van der Waals surface area contributed by atoms with Crippen LogP contribution in [0.15, 0.2) is 0 Å². The Balaban J connectivity index is 2.71. The lowest BCUT2D eigenvalue weighted by atomic mass is 10.2. The van der Waals surface area contributed by atoms with Gasteiger partial charge in [-0.1, -0.05) is 13.8 Å². The second-order valence-corrected chi connectivity index (χ2v) is 4.08. The molecular formula is C10H16N4O4. The van der Waals surface area contributed by atoms with E-state index in [4.69, 9.17) is 10.2 Å². The Kier molecular flexibility index (Phi) is 4.78. The Bertz CT molecular complexity index is 429. The van der Waals surface area contributed by atoms with Gasteiger partial charge in [-0.3, -0.25) is 9.89 Å². The molecule has 0 aliphatic heterocycles. The van der Waals surface area contributed by atoms with Gasteiger partial charge in [0.05, 0.1) is 0 Å². The lowest BCUT2D eigenvalue weighted by Crippen LogP contribution is -2.41. The van der Waals surface area contributed by atoms with E-state index in [2.05, 4.69) is 20.5 Å². The minimum atomic E-state index is -1.21. The van der Waals surface area contributed by atoms with Crippen molar-refractivity contribution >= 4 is 11.9 Å². The van der Waals surface area contributed by atoms with Crippen molar-refractivity contribution in [2.45, 2.75) is 32.2 Å². The zero-order chi connectivity index (χ0) is 13.7. The molecule has 0 fully saturated rings. The summed E-state index contributed by atoms with van der Waals surface area (Å²) in [6.45, 7) is 3.44. The molecule has 1 atom stereocenters. The zero-order valence-electron chi connectivity index (χ0n) is 10.2. The summed E-state index contributed by atoms with van der Waals surface area (Å²) in [7, 11) is 0. The summed E-state index contributed by atoms with van der Waals surface area (Å²) in [6, 6.07) is -1.15. The number of rotatable bonds is 6. The third kappa shape index (κ3) is 3.52. The first kappa shape index (κ1) is 14.1. The van der Waals surface area contributed by atoms with Crippen LogP contribution in [0.1, 0.15) is 42.6 Å². The van der Waals surface area contributed by atoms with Gasteiger partial charge in [0.25, 0.3) is 5.91 Å². The van der Waals surface area contributed by atoms with Crippen LogP contribution in [-0.2, 0) is 4.79 Å². The van der Waals surface area contributed by atoms with Crippen LogP contribution >= 0.6 is 0 Å². The van der Waals surface area contributed by atoms with E-state index in [1.165, 1.54) is 0 Å². The maximum Gasteiger partial charge on any atom is 0.326 e. The molecule has 0 saturated carbocycles. The van der Waals surface area contributed by atoms with Gasteiger partial charge in [-0.15, -0.1) is 5.10 Å². The molecule has 0 radical (unpaired) electrons. The number of aromatic nitrogens is 3. The van der Waals surface area contributed by atoms with Crippen LogP contribution in [0.5, 0.6) is 0 Å². The number of nitrogens with one attached hydrogen (secondary N) is 2. The van der Waals surface area contributed by atoms with Crippen molar-refractivity contribution in [1.29, 1.82) is 0 Å². The number of carbonyl (C=O) groups is 2. The summed E-state index contributed by atoms with van der Waals surface area (Å²) in [5.41, 5.74) is 0. The highest BCUT2D eigenvalue weighted by molar-refractivity contribution is 5.93. The maximum absolute atomic E-state index is 11.7. The Hall–Kier alpha value is -1.96. The standard InChI is InChI=1S/C10H16N4O4/c1-5(2)7-12-8(14-13-7)9(16)11-6(3-4-15)10(17)18/h5-6,15H,3-4H2,1-2H3,(H,11,16)(H,17,18)(H,12,13,14)/t6-/m0/s1. The van der Waals surface area contributed by atoms with E-state index in [1.807, 2.05) is 13.8 Å². The second-order valence-electron chi connectivity index (χ2n) is 4.08. The molecule has 0 aliphatic carbocycles. The van der Waals surface area contributed by atoms with E-state index in [-0.39, 0.29) is 24.8 Å². The van der Waals surface area contributed by atoms with Gasteiger partial charge in [-0.05, 0) is 0 Å². The van der Waals surface area contributed by atoms with E-state index in [9.17, 15) is 9.59 Å². The fraction of sp³-hybridized carbons (Fsp3) is 0.600. The molecule has 0 aromatic carbocycles. The van der Waals surface area contributed by atoms with Crippen LogP contribution < -0.4 is 5.32 Å². The van der Waals surface area contributed by atoms with Crippen LogP contribution in [-0.4, -0.2) is 49.9 Å². The molecule has 4 N–H and O–H groups in total. The molecule has 0 bridgehead atoms. The minimum Gasteiger partial charge on any atom is -0.480 e. The third-order valence-electron chi connectivity index (χ3n) is 2.27. The SMILES string of the molecule is CC(C)c1nc(C(=O)N[C@@H](CCO)C(=O)O)n[nH]1. The van der Waals surface area contributed by atoms with E-state index in [0.717, 1.165) is 0 Å². The zero-order valence-corrected chi connectivity index (χ0v) is 10.2. The number of carboxylic acids is 1. The average Bonchev–Trinajstić information content (AvgIpc) is 2.77. The molecule has 1 aromatic heterocycles. The van der Waals surface area contributed by atoms with Gasteiger partial charge in [-0.2, -0.15) is 0 Å². The average molecular weight is 256 g/mol. The number of aliphatic hydroxyl groups is 1. The minimum absolute atomic E-state index is 0.0669. The van der Waals surface area contributed by atoms with Crippen LogP contribution in [0, 0.1) is 0 Å². The smallest absolute Gasteiger partial charge is 0.326 e. The molecule has 100 valence electrons. The molecule has 0 saturated heterocycles. The number of carbonyl (C=O) groups excluding carboxylic acids is 1. The largest absolute Gasteiger partial charge is 0.480 e. The summed E-state index contributed by atoms with van der Waals surface area (Å²) in [5, 5.41) is 26.1. The molecule has 1 aromatic rings. The van der Waals surface area contributed by atoms with Crippen molar-refractivity contribution in [3.8, 4) is 0 Å². The van der Waals surface area contributed by atoms with Crippen molar-refractivity contribution in [3.05, 3.63) is 11.6 Å². The van der Waals surface area contributed by atoms with E-state index in [1.54, 1.807) is 0 Å². The van der Waals surface area contributed by atoms with Crippen LogP contribution in [0.3, 0.4) is 0 Å². The topological polar surface area (TPSA) is 128 Å². The molecule has 8 heteroatoms. The molecule has 0 spiro atoms. The molecule has 1 rings (SSSR count). The summed E-state index contributed by atoms with van der Waals surface area (Å²) < 4.78 is 0. The summed E-state index contributed by atoms with van der Waals surface area (Å²) >= 11 is 0. The van der Waals surface area contributed by atoms with Gasteiger partial charge >= 0.3 is 5.97 Å². The predicted molar refractivity (Wildman–Crippen MR) is 61.1 cm³/mol. The van der Waals surface area contributed by atoms with Crippen molar-refractivity contribution in [2.75, 3.05) is 6.61 Å². The molecule has 18 heavy (non-hydrogen) atoms. The van der Waals surface area contributed by atoms with Crippen LogP contribution in [0.25, 0.3) is 0 Å². The number of aliphatic carboxylic acids is 1. The van der Waals surface area contributed by atoms with Gasteiger partial charge in [0.15, 0.2) is 0 Å². The first-order valence-electron chi connectivity index (χ1n) is 5.52. The van der Waals surface area contributed by atoms with E-state index < -0.39 is 17.9 Å². The summed E-state index contributed by atoms with van der Waals surface area (Å²) in [4.78, 5) is 26.4. The van der Waals surface area contributed by atoms with E-state index >= 15 is 0 Å². The third-order valence-corrected chi connectivity index (χ3v) is 2.27. The molecule has 0 aliphatic rings. The first-order valence-corrected chi connectivity index (χ1v) is 5.52. The summed E-state index contributed by atoms with van der Waals surface area (Å²) in [5.74, 6) is -1.36. The lowest BCUT2D eigenvalue weighted by molar-refractivity contribution is -0.139. The molecule has 1 heterocycles. The summed E-state index contributed by atoms with van der Waals surface area (Å²) in [6.07, 6.45) is -0.0669. The van der Waals surface area contributed by atoms with Gasteiger partial charge in [-0.25, -0.2) is 9.78 Å². The lowest BCUT2D eigenvalue weighted by Gasteiger charge is -2.11. The van der Waals surface area contributed by atoms with Crippen LogP contribution in [0.4, 0.5) is 0 Å². The number of aliphatic hydroxyl groups excluding tert-OH is 1. The highest BCUT2D eigenvalue weighted by atomic mass is 16.4. The highest BCUT2D eigenvalue weighted by Gasteiger charge is 2.22. The molecule has 0 unspecified atom stereocenters. The van der Waals surface area contributed by atoms with Gasteiger partial charge < -0.3 is 15.5 Å². The maximum atomic E-state index is 11.7. The number of hydrogen-bond donors (Lipinski definition) is 4. The molecule has 1 amide bonds. The van der Waals surface area contributed by atoms with Gasteiger partial charge in [0.2, 0.25) is 5.82 Å². The number of aromatic amines is 1. The van der Waals surface area contributed by atoms with E-state index in [0.29, 0.717) is 5.82 Å². The Morgan fingerprint density at radius 2 is 2.11 bits per heavy atom. The van der Waals surface area contributed by atoms with Gasteiger partial charge in [0, 0.05) is 18.9 Å². The number of nitrogens with zero attached hydrogens (tertiary/aromatic N) is 2. The van der Waals surface area contributed by atoms with Crippen molar-refractivity contribution in [3.63, 3.8) is 0 Å². The Morgan fingerprint density at radius 1 is 1.44 bits per heavy atom. The normalized spacial score (nSPS) is 12.4. The highest BCUT2D eigenvalue weighted by Crippen LogP contribution is 2.07. The van der Waals surface area contributed by atoms with Crippen molar-refractivity contribution in [2.24, 2.45) is 0 Å². The molecule has 8 nitrogen and oxygen atoms in total. The number of hydrogen-bond acceptors (Lipinski definition) is 5. The quantitative estimate of drug-likeness (QED) is 0.543. The first-order chi connectivity index (χ1) is 8.45. The van der Waals surface area contributed by atoms with Crippen molar-refractivity contribution < 1.29 is 19.8 Å². The fourth-order valence-electron chi connectivity index (χ4n) is 1.24. The monoisotopic (exact) mass is 256 g/mol. The van der Waals surface area contributed by atoms with Crippen LogP contribution in [0.2, 0.25) is 0 Å². The Labute approximate surface area is 103 Å².